The van der Waals surface area contributed by atoms with Crippen LogP contribution in [0, 0.1) is 0 Å². The number of ether oxygens (including phenoxy) is 2. The number of methoxy groups -OCH3 is 1. The number of anilines is 1. The summed E-state index contributed by atoms with van der Waals surface area (Å²) in [7, 11) is 1.64. The van der Waals surface area contributed by atoms with Crippen molar-refractivity contribution in [3.8, 4) is 5.75 Å². The molecule has 0 atom stereocenters. The molecular formula is C19H21BrClN3O3S2. The fourth-order valence-corrected chi connectivity index (χ4v) is 5.36. The van der Waals surface area contributed by atoms with Crippen LogP contribution in [0.2, 0.25) is 0 Å². The van der Waals surface area contributed by atoms with Crippen molar-refractivity contribution in [2.24, 2.45) is 0 Å². The quantitative estimate of drug-likeness (QED) is 0.480. The van der Waals surface area contributed by atoms with E-state index in [1.807, 2.05) is 30.3 Å². The molecule has 1 aliphatic rings. The fourth-order valence-electron chi connectivity index (χ4n) is 3.05. The Morgan fingerprint density at radius 2 is 2.07 bits per heavy atom. The maximum absolute atomic E-state index is 13.2. The molecule has 0 aliphatic carbocycles. The van der Waals surface area contributed by atoms with Gasteiger partial charge in [-0.15, -0.1) is 23.7 Å². The maximum atomic E-state index is 13.2. The van der Waals surface area contributed by atoms with Crippen LogP contribution in [0.5, 0.6) is 5.75 Å². The van der Waals surface area contributed by atoms with E-state index in [1.54, 1.807) is 12.0 Å². The number of benzene rings is 1. The van der Waals surface area contributed by atoms with E-state index in [0.717, 1.165) is 52.6 Å². The minimum absolute atomic E-state index is 0. The number of thiazole rings is 1. The van der Waals surface area contributed by atoms with Gasteiger partial charge in [-0.2, -0.15) is 0 Å². The number of fused-ring (bicyclic) bond motifs is 1. The van der Waals surface area contributed by atoms with Gasteiger partial charge in [-0.3, -0.25) is 14.6 Å². The van der Waals surface area contributed by atoms with Crippen molar-refractivity contribution in [1.29, 1.82) is 0 Å². The first-order valence-corrected chi connectivity index (χ1v) is 11.4. The molecule has 3 aromatic rings. The van der Waals surface area contributed by atoms with Crippen LogP contribution in [0.3, 0.4) is 0 Å². The minimum Gasteiger partial charge on any atom is -0.497 e. The Kier molecular flexibility index (Phi) is 7.89. The second-order valence-corrected chi connectivity index (χ2v) is 9.82. The van der Waals surface area contributed by atoms with Crippen molar-refractivity contribution in [3.05, 3.63) is 39.0 Å². The molecule has 3 heterocycles. The molecule has 1 aliphatic heterocycles. The van der Waals surface area contributed by atoms with Gasteiger partial charge in [0.25, 0.3) is 5.91 Å². The second kappa shape index (κ2) is 10.2. The molecule has 2 aromatic heterocycles. The third-order valence-corrected chi connectivity index (χ3v) is 7.26. The van der Waals surface area contributed by atoms with Gasteiger partial charge in [-0.1, -0.05) is 11.3 Å². The van der Waals surface area contributed by atoms with E-state index in [0.29, 0.717) is 16.6 Å². The standard InChI is InChI=1S/C19H20BrN3O3S2.ClH/c1-25-13-2-3-15-14(12-13)21-19(28-15)23(7-6-22-8-10-26-11-9-22)18(24)16-4-5-17(20)27-16;/h2-5,12H,6-11H2,1H3;1H. The number of rotatable bonds is 6. The van der Waals surface area contributed by atoms with E-state index >= 15 is 0 Å². The van der Waals surface area contributed by atoms with E-state index < -0.39 is 0 Å². The van der Waals surface area contributed by atoms with E-state index in [9.17, 15) is 4.79 Å². The molecule has 4 rings (SSSR count). The number of carbonyl (C=O) groups excluding carboxylic acids is 1. The van der Waals surface area contributed by atoms with Gasteiger partial charge in [-0.05, 0) is 40.2 Å². The Hall–Kier alpha value is -1.23. The summed E-state index contributed by atoms with van der Waals surface area (Å²) in [6, 6.07) is 9.57. The third-order valence-electron chi connectivity index (χ3n) is 4.59. The Labute approximate surface area is 192 Å². The lowest BCUT2D eigenvalue weighted by molar-refractivity contribution is 0.0391. The van der Waals surface area contributed by atoms with Crippen LogP contribution in [0.25, 0.3) is 10.2 Å². The summed E-state index contributed by atoms with van der Waals surface area (Å²) >= 11 is 6.42. The lowest BCUT2D eigenvalue weighted by Crippen LogP contribution is -2.43. The van der Waals surface area contributed by atoms with Gasteiger partial charge in [0.05, 0.1) is 39.2 Å². The van der Waals surface area contributed by atoms with E-state index in [4.69, 9.17) is 14.5 Å². The van der Waals surface area contributed by atoms with Crippen LogP contribution in [-0.2, 0) is 4.74 Å². The van der Waals surface area contributed by atoms with Crippen molar-refractivity contribution >= 4 is 72.3 Å². The van der Waals surface area contributed by atoms with Gasteiger partial charge in [0.1, 0.15) is 5.75 Å². The van der Waals surface area contributed by atoms with E-state index in [-0.39, 0.29) is 18.3 Å². The average Bonchev–Trinajstić information content (AvgIpc) is 3.34. The highest BCUT2D eigenvalue weighted by Gasteiger charge is 2.24. The van der Waals surface area contributed by atoms with Crippen LogP contribution < -0.4 is 9.64 Å². The zero-order chi connectivity index (χ0) is 19.5. The van der Waals surface area contributed by atoms with Crippen molar-refractivity contribution in [2.45, 2.75) is 0 Å². The first kappa shape index (κ1) is 22.5. The number of hydrogen-bond donors (Lipinski definition) is 0. The predicted molar refractivity (Wildman–Crippen MR) is 124 cm³/mol. The third kappa shape index (κ3) is 5.28. The number of nitrogens with zero attached hydrogens (tertiary/aromatic N) is 3. The first-order valence-electron chi connectivity index (χ1n) is 8.96. The number of thiophene rings is 1. The molecular weight excluding hydrogens is 498 g/mol. The molecule has 29 heavy (non-hydrogen) atoms. The van der Waals surface area contributed by atoms with Gasteiger partial charge < -0.3 is 9.47 Å². The predicted octanol–water partition coefficient (Wildman–Crippen LogP) is 4.53. The van der Waals surface area contributed by atoms with Crippen LogP contribution in [-0.4, -0.2) is 62.3 Å². The van der Waals surface area contributed by atoms with Gasteiger partial charge in [0.2, 0.25) is 0 Å². The van der Waals surface area contributed by atoms with Crippen molar-refractivity contribution in [2.75, 3.05) is 51.4 Å². The Morgan fingerprint density at radius 1 is 1.28 bits per heavy atom. The zero-order valence-electron chi connectivity index (χ0n) is 15.8. The molecule has 0 unspecified atom stereocenters. The molecule has 0 bridgehead atoms. The zero-order valence-corrected chi connectivity index (χ0v) is 19.8. The number of morpholine rings is 1. The Balaban J connectivity index is 0.00000240. The second-order valence-electron chi connectivity index (χ2n) is 6.34. The number of halogens is 2. The van der Waals surface area contributed by atoms with Gasteiger partial charge in [0.15, 0.2) is 5.13 Å². The van der Waals surface area contributed by atoms with E-state index in [2.05, 4.69) is 20.8 Å². The summed E-state index contributed by atoms with van der Waals surface area (Å²) in [4.78, 5) is 22.8. The summed E-state index contributed by atoms with van der Waals surface area (Å²) in [5, 5.41) is 0.714. The van der Waals surface area contributed by atoms with Crippen molar-refractivity contribution in [3.63, 3.8) is 0 Å². The lowest BCUT2D eigenvalue weighted by Gasteiger charge is -2.29. The van der Waals surface area contributed by atoms with Crippen LogP contribution in [0.1, 0.15) is 9.67 Å². The summed E-state index contributed by atoms with van der Waals surface area (Å²) in [6.45, 7) is 4.65. The molecule has 0 radical (unpaired) electrons. The normalized spacial score (nSPS) is 14.6. The maximum Gasteiger partial charge on any atom is 0.270 e. The largest absolute Gasteiger partial charge is 0.497 e. The lowest BCUT2D eigenvalue weighted by atomic mass is 10.3. The SMILES string of the molecule is COc1ccc2sc(N(CCN3CCOCC3)C(=O)c3ccc(Br)s3)nc2c1.Cl. The molecule has 1 aromatic carbocycles. The molecule has 10 heteroatoms. The number of carbonyl (C=O) groups is 1. The number of amides is 1. The first-order chi connectivity index (χ1) is 13.6. The Morgan fingerprint density at radius 3 is 2.76 bits per heavy atom. The number of aromatic nitrogens is 1. The summed E-state index contributed by atoms with van der Waals surface area (Å²) in [5.74, 6) is 0.743. The van der Waals surface area contributed by atoms with Gasteiger partial charge in [-0.25, -0.2) is 4.98 Å². The van der Waals surface area contributed by atoms with Crippen LogP contribution in [0.15, 0.2) is 34.1 Å². The smallest absolute Gasteiger partial charge is 0.270 e. The Bertz CT molecular complexity index is 975. The van der Waals surface area contributed by atoms with Crippen LogP contribution >= 0.6 is 51.0 Å². The van der Waals surface area contributed by atoms with Crippen LogP contribution in [0.4, 0.5) is 5.13 Å². The molecule has 156 valence electrons. The van der Waals surface area contributed by atoms with Crippen molar-refractivity contribution < 1.29 is 14.3 Å². The van der Waals surface area contributed by atoms with Gasteiger partial charge >= 0.3 is 0 Å². The summed E-state index contributed by atoms with van der Waals surface area (Å²) in [5.41, 5.74) is 0.843. The fraction of sp³-hybridized carbons (Fsp3) is 0.368. The number of hydrogen-bond acceptors (Lipinski definition) is 7. The molecule has 1 fully saturated rings. The minimum atomic E-state index is -0.0185. The highest BCUT2D eigenvalue weighted by Crippen LogP contribution is 2.33. The monoisotopic (exact) mass is 517 g/mol. The molecule has 0 saturated carbocycles. The molecule has 0 N–H and O–H groups in total. The highest BCUT2D eigenvalue weighted by molar-refractivity contribution is 9.11. The molecule has 6 nitrogen and oxygen atoms in total. The average molecular weight is 519 g/mol. The van der Waals surface area contributed by atoms with Crippen molar-refractivity contribution in [1.82, 2.24) is 9.88 Å². The van der Waals surface area contributed by atoms with Gasteiger partial charge in [0, 0.05) is 32.2 Å². The molecule has 0 spiro atoms. The topological polar surface area (TPSA) is 54.9 Å². The van der Waals surface area contributed by atoms with E-state index in [1.165, 1.54) is 22.7 Å². The summed E-state index contributed by atoms with van der Waals surface area (Å²) in [6.07, 6.45) is 0. The summed E-state index contributed by atoms with van der Waals surface area (Å²) < 4.78 is 12.7. The molecule has 1 amide bonds. The molecule has 1 saturated heterocycles. The highest BCUT2D eigenvalue weighted by atomic mass is 79.9.